The van der Waals surface area contributed by atoms with E-state index in [2.05, 4.69) is 30.3 Å². The Hall–Kier alpha value is -3.99. The number of anilines is 1. The van der Waals surface area contributed by atoms with Gasteiger partial charge in [0.15, 0.2) is 29.2 Å². The second kappa shape index (κ2) is 10.2. The number of amides is 3. The number of carbonyl (C=O) groups is 5. The monoisotopic (exact) mass is 460 g/mol. The zero-order valence-corrected chi connectivity index (χ0v) is 16.2. The molecule has 0 aromatic carbocycles. The minimum atomic E-state index is -1.69. The van der Waals surface area contributed by atoms with Crippen molar-refractivity contribution in [1.82, 2.24) is 15.6 Å². The summed E-state index contributed by atoms with van der Waals surface area (Å²) in [6.45, 7) is -1.60. The number of primary amides is 1. The highest BCUT2D eigenvalue weighted by Crippen LogP contribution is 2.15. The largest absolute Gasteiger partial charge is 0.479 e. The number of rotatable bonds is 11. The van der Waals surface area contributed by atoms with Crippen LogP contribution in [-0.4, -0.2) is 82.3 Å². The number of carbonyl (C=O) groups excluding carboxylic acids is 3. The molecule has 1 aromatic rings. The average molecular weight is 460 g/mol. The number of thiazole rings is 1. The van der Waals surface area contributed by atoms with E-state index < -0.39 is 67.1 Å². The highest BCUT2D eigenvalue weighted by atomic mass is 32.1. The number of aliphatic carboxylic acids is 2. The van der Waals surface area contributed by atoms with E-state index in [-0.39, 0.29) is 10.8 Å². The molecule has 1 aliphatic rings. The number of carboxylic acids is 2. The summed E-state index contributed by atoms with van der Waals surface area (Å²) in [7, 11) is 0. The van der Waals surface area contributed by atoms with Crippen molar-refractivity contribution in [2.24, 2.45) is 10.9 Å². The lowest BCUT2D eigenvalue weighted by atomic mass is 10.1. The molecule has 1 aliphatic heterocycles. The molecule has 2 heterocycles. The van der Waals surface area contributed by atoms with Gasteiger partial charge in [-0.2, -0.15) is 0 Å². The third kappa shape index (κ3) is 6.51. The SMILES string of the molecule is NC(=O)OCC(OC1NC(=O)C1NC(=O)/C(=N/OCC(=O)O)c1csc(N)n1)C(=O)O. The molecule has 0 spiro atoms. The average Bonchev–Trinajstić information content (AvgIpc) is 3.10. The number of nitrogens with zero attached hydrogens (tertiary/aromatic N) is 2. The van der Waals surface area contributed by atoms with Gasteiger partial charge in [-0.25, -0.2) is 19.4 Å². The highest BCUT2D eigenvalue weighted by molar-refractivity contribution is 7.13. The maximum Gasteiger partial charge on any atom is 0.404 e. The van der Waals surface area contributed by atoms with Crippen molar-refractivity contribution in [3.05, 3.63) is 11.1 Å². The Morgan fingerprint density at radius 3 is 2.58 bits per heavy atom. The van der Waals surface area contributed by atoms with Gasteiger partial charge in [-0.3, -0.25) is 9.59 Å². The molecule has 0 bridgehead atoms. The lowest BCUT2D eigenvalue weighted by Gasteiger charge is -2.37. The van der Waals surface area contributed by atoms with Crippen LogP contribution in [0.25, 0.3) is 0 Å². The van der Waals surface area contributed by atoms with E-state index in [1.165, 1.54) is 5.38 Å². The van der Waals surface area contributed by atoms with Crippen LogP contribution < -0.4 is 22.1 Å². The Labute approximate surface area is 176 Å². The van der Waals surface area contributed by atoms with E-state index in [1.54, 1.807) is 0 Å². The minimum absolute atomic E-state index is 0.0548. The summed E-state index contributed by atoms with van der Waals surface area (Å²) in [6, 6.07) is -1.36. The summed E-state index contributed by atoms with van der Waals surface area (Å²) in [5.41, 5.74) is 9.74. The number of nitrogens with two attached hydrogens (primary N) is 2. The molecule has 1 fully saturated rings. The third-order valence-corrected chi connectivity index (χ3v) is 4.12. The van der Waals surface area contributed by atoms with Crippen LogP contribution in [0.1, 0.15) is 5.69 Å². The number of carboxylic acid groups (broad SMARTS) is 2. The molecule has 17 heteroatoms. The summed E-state index contributed by atoms with van der Waals surface area (Å²) < 4.78 is 9.49. The van der Waals surface area contributed by atoms with E-state index in [4.69, 9.17) is 26.4 Å². The maximum absolute atomic E-state index is 12.6. The lowest BCUT2D eigenvalue weighted by molar-refractivity contribution is -0.174. The molecule has 3 unspecified atom stereocenters. The number of aromatic nitrogens is 1. The standard InChI is InChI=1S/C14H16N6O10S/c15-13-17-4(3-31-13)7(20-29-2-6(21)22)9(23)18-8-10(24)19-11(8)30-5(12(25)26)1-28-14(16)27/h3,5,8,11H,1-2H2,(H2,15,17)(H2,16,27)(H,18,23)(H,19,24)(H,21,22)(H,25,26)/b20-7+. The summed E-state index contributed by atoms with van der Waals surface area (Å²) in [5, 5.41) is 27.0. The predicted molar refractivity (Wildman–Crippen MR) is 98.6 cm³/mol. The molecule has 3 amide bonds. The molecule has 31 heavy (non-hydrogen) atoms. The van der Waals surface area contributed by atoms with E-state index in [0.717, 1.165) is 11.3 Å². The van der Waals surface area contributed by atoms with Gasteiger partial charge in [-0.1, -0.05) is 5.16 Å². The van der Waals surface area contributed by atoms with Crippen LogP contribution in [0.15, 0.2) is 10.5 Å². The van der Waals surface area contributed by atoms with Crippen molar-refractivity contribution >= 4 is 52.0 Å². The summed E-state index contributed by atoms with van der Waals surface area (Å²) in [6.07, 6.45) is -4.22. The second-order valence-electron chi connectivity index (χ2n) is 5.65. The van der Waals surface area contributed by atoms with Gasteiger partial charge in [0, 0.05) is 5.38 Å². The van der Waals surface area contributed by atoms with Crippen molar-refractivity contribution in [2.45, 2.75) is 18.4 Å². The topological polar surface area (TPSA) is 255 Å². The molecule has 16 nitrogen and oxygen atoms in total. The van der Waals surface area contributed by atoms with Gasteiger partial charge in [0.2, 0.25) is 12.5 Å². The number of nitrogens with one attached hydrogen (secondary N) is 2. The molecule has 0 aliphatic carbocycles. The molecule has 1 aromatic heterocycles. The van der Waals surface area contributed by atoms with Gasteiger partial charge in [-0.15, -0.1) is 11.3 Å². The van der Waals surface area contributed by atoms with Gasteiger partial charge in [-0.05, 0) is 0 Å². The molecule has 0 radical (unpaired) electrons. The highest BCUT2D eigenvalue weighted by Gasteiger charge is 2.44. The summed E-state index contributed by atoms with van der Waals surface area (Å²) in [5.74, 6) is -4.60. The summed E-state index contributed by atoms with van der Waals surface area (Å²) >= 11 is 0.962. The molecule has 2 rings (SSSR count). The minimum Gasteiger partial charge on any atom is -0.479 e. The predicted octanol–water partition coefficient (Wildman–Crippen LogP) is -2.96. The van der Waals surface area contributed by atoms with Gasteiger partial charge >= 0.3 is 18.0 Å². The Balaban J connectivity index is 2.10. The number of ether oxygens (including phenoxy) is 2. The molecule has 3 atom stereocenters. The molecule has 1 saturated heterocycles. The van der Waals surface area contributed by atoms with E-state index in [1.807, 2.05) is 0 Å². The quantitative estimate of drug-likeness (QED) is 0.110. The maximum atomic E-state index is 12.6. The first-order valence-corrected chi connectivity index (χ1v) is 9.01. The lowest BCUT2D eigenvalue weighted by Crippen LogP contribution is -2.71. The van der Waals surface area contributed by atoms with Gasteiger partial charge in [0.05, 0.1) is 0 Å². The van der Waals surface area contributed by atoms with Crippen molar-refractivity contribution < 1.29 is 48.5 Å². The van der Waals surface area contributed by atoms with Crippen LogP contribution >= 0.6 is 11.3 Å². The fourth-order valence-electron chi connectivity index (χ4n) is 2.07. The van der Waals surface area contributed by atoms with Gasteiger partial charge < -0.3 is 46.6 Å². The fraction of sp³-hybridized carbons (Fsp3) is 0.357. The van der Waals surface area contributed by atoms with Crippen molar-refractivity contribution in [3.8, 4) is 0 Å². The number of nitrogen functional groups attached to an aromatic ring is 1. The number of hydrogen-bond donors (Lipinski definition) is 6. The van der Waals surface area contributed by atoms with Crippen molar-refractivity contribution in [1.29, 1.82) is 0 Å². The summed E-state index contributed by atoms with van der Waals surface area (Å²) in [4.78, 5) is 65.2. The van der Waals surface area contributed by atoms with E-state index >= 15 is 0 Å². The molecular weight excluding hydrogens is 444 g/mol. The van der Waals surface area contributed by atoms with Crippen molar-refractivity contribution in [2.75, 3.05) is 18.9 Å². The van der Waals surface area contributed by atoms with Crippen LogP contribution in [0.4, 0.5) is 9.93 Å². The first-order valence-electron chi connectivity index (χ1n) is 8.13. The van der Waals surface area contributed by atoms with Gasteiger partial charge in [0.1, 0.15) is 12.3 Å². The Kier molecular flexibility index (Phi) is 7.64. The Morgan fingerprint density at radius 2 is 2.06 bits per heavy atom. The van der Waals surface area contributed by atoms with Gasteiger partial charge in [0.25, 0.3) is 5.91 Å². The van der Waals surface area contributed by atoms with Crippen LogP contribution in [0.2, 0.25) is 0 Å². The molecule has 168 valence electrons. The Morgan fingerprint density at radius 1 is 1.35 bits per heavy atom. The van der Waals surface area contributed by atoms with E-state index in [0.29, 0.717) is 0 Å². The van der Waals surface area contributed by atoms with E-state index in [9.17, 15) is 24.0 Å². The fourth-order valence-corrected chi connectivity index (χ4v) is 2.62. The number of hydrogen-bond acceptors (Lipinski definition) is 12. The zero-order chi connectivity index (χ0) is 23.1. The third-order valence-electron chi connectivity index (χ3n) is 3.44. The Bertz CT molecular complexity index is 917. The van der Waals surface area contributed by atoms with Crippen LogP contribution in [-0.2, 0) is 33.5 Å². The zero-order valence-electron chi connectivity index (χ0n) is 15.3. The second-order valence-corrected chi connectivity index (χ2v) is 6.54. The van der Waals surface area contributed by atoms with Crippen molar-refractivity contribution in [3.63, 3.8) is 0 Å². The number of β-lactam (4-membered cyclic amide) rings is 1. The molecular formula is C14H16N6O10S. The van der Waals surface area contributed by atoms with Crippen LogP contribution in [0, 0.1) is 0 Å². The normalized spacial score (nSPS) is 18.8. The first kappa shape index (κ1) is 23.3. The first-order chi connectivity index (χ1) is 14.6. The van der Waals surface area contributed by atoms with Crippen LogP contribution in [0.5, 0.6) is 0 Å². The smallest absolute Gasteiger partial charge is 0.404 e. The molecule has 0 saturated carbocycles. The van der Waals surface area contributed by atoms with Crippen LogP contribution in [0.3, 0.4) is 0 Å². The number of oxime groups is 1. The molecule has 8 N–H and O–H groups in total.